The van der Waals surface area contributed by atoms with Crippen LogP contribution in [0.25, 0.3) is 16.6 Å². The minimum Gasteiger partial charge on any atom is -0.490 e. The van der Waals surface area contributed by atoms with Crippen LogP contribution in [0.3, 0.4) is 0 Å². The average molecular weight is 412 g/mol. The van der Waals surface area contributed by atoms with Gasteiger partial charge in [0.2, 0.25) is 0 Å². The van der Waals surface area contributed by atoms with Crippen LogP contribution in [-0.2, 0) is 6.54 Å². The van der Waals surface area contributed by atoms with Crippen LogP contribution in [0.15, 0.2) is 42.6 Å². The van der Waals surface area contributed by atoms with Crippen LogP contribution in [0, 0.1) is 6.92 Å². The molecule has 4 heterocycles. The number of anilines is 1. The Kier molecular flexibility index (Phi) is 4.72. The Morgan fingerprint density at radius 2 is 1.93 bits per heavy atom. The van der Waals surface area contributed by atoms with Gasteiger partial charge in [-0.05, 0) is 37.3 Å². The predicted octanol–water partition coefficient (Wildman–Crippen LogP) is 3.70. The molecular weight excluding hydrogens is 390 g/mol. The van der Waals surface area contributed by atoms with Gasteiger partial charge in [-0.3, -0.25) is 0 Å². The summed E-state index contributed by atoms with van der Waals surface area (Å²) in [6.45, 7) is 3.22. The van der Waals surface area contributed by atoms with E-state index in [1.54, 1.807) is 15.3 Å². The third-order valence-electron chi connectivity index (χ3n) is 5.57. The molecule has 0 unspecified atom stereocenters. The van der Waals surface area contributed by atoms with Gasteiger partial charge < -0.3 is 14.2 Å². The molecule has 4 aromatic rings. The molecule has 156 valence electrons. The minimum absolute atomic E-state index is 0.0747. The lowest BCUT2D eigenvalue weighted by atomic mass is 10.1. The molecule has 1 aliphatic heterocycles. The van der Waals surface area contributed by atoms with Crippen LogP contribution in [-0.4, -0.2) is 50.0 Å². The number of piperidine rings is 1. The maximum atomic E-state index is 12.8. The SMILES string of the molecule is Cc1nnc2ccc(N3CCC(Oc4cccc5c4ccn5CC(F)F)CC3)nn12. The number of hydrogen-bond donors (Lipinski definition) is 0. The van der Waals surface area contributed by atoms with Crippen molar-refractivity contribution in [3.8, 4) is 5.75 Å². The van der Waals surface area contributed by atoms with Crippen molar-refractivity contribution >= 4 is 22.4 Å². The highest BCUT2D eigenvalue weighted by Gasteiger charge is 2.23. The Bertz CT molecular complexity index is 1180. The highest BCUT2D eigenvalue weighted by Crippen LogP contribution is 2.30. The summed E-state index contributed by atoms with van der Waals surface area (Å²) in [7, 11) is 0. The lowest BCUT2D eigenvalue weighted by Gasteiger charge is -2.33. The second-order valence-corrected chi connectivity index (χ2v) is 7.56. The minimum atomic E-state index is -2.38. The molecule has 0 atom stereocenters. The van der Waals surface area contributed by atoms with Crippen molar-refractivity contribution < 1.29 is 13.5 Å². The summed E-state index contributed by atoms with van der Waals surface area (Å²) in [5.74, 6) is 2.41. The van der Waals surface area contributed by atoms with Gasteiger partial charge in [-0.15, -0.1) is 15.3 Å². The summed E-state index contributed by atoms with van der Waals surface area (Å²) < 4.78 is 35.2. The van der Waals surface area contributed by atoms with Gasteiger partial charge in [0.1, 0.15) is 17.7 Å². The van der Waals surface area contributed by atoms with Gasteiger partial charge in [-0.2, -0.15) is 4.52 Å². The van der Waals surface area contributed by atoms with Crippen molar-refractivity contribution in [2.24, 2.45) is 0 Å². The Balaban J connectivity index is 1.28. The summed E-state index contributed by atoms with van der Waals surface area (Å²) in [6.07, 6.45) is 1.10. The molecule has 0 N–H and O–H groups in total. The molecule has 5 rings (SSSR count). The lowest BCUT2D eigenvalue weighted by Crippen LogP contribution is -2.38. The maximum Gasteiger partial charge on any atom is 0.256 e. The van der Waals surface area contributed by atoms with Crippen molar-refractivity contribution in [2.75, 3.05) is 18.0 Å². The Hall–Kier alpha value is -3.23. The van der Waals surface area contributed by atoms with E-state index < -0.39 is 6.43 Å². The highest BCUT2D eigenvalue weighted by molar-refractivity contribution is 5.86. The zero-order chi connectivity index (χ0) is 20.7. The largest absolute Gasteiger partial charge is 0.490 e. The van der Waals surface area contributed by atoms with Crippen molar-refractivity contribution in [3.63, 3.8) is 0 Å². The molecule has 1 aliphatic rings. The third kappa shape index (κ3) is 3.44. The number of hydrogen-bond acceptors (Lipinski definition) is 5. The Labute approximate surface area is 171 Å². The standard InChI is InChI=1S/C21H22F2N6O/c1-14-24-25-20-5-6-21(26-29(14)20)27-10-7-15(8-11-27)30-18-4-2-3-17-16(18)9-12-28(17)13-19(22)23/h2-6,9,12,15,19H,7-8,10-11,13H2,1H3. The van der Waals surface area contributed by atoms with Gasteiger partial charge in [0.05, 0.1) is 12.1 Å². The normalized spacial score (nSPS) is 15.5. The van der Waals surface area contributed by atoms with Gasteiger partial charge >= 0.3 is 0 Å². The van der Waals surface area contributed by atoms with Crippen LogP contribution in [0.4, 0.5) is 14.6 Å². The number of aromatic nitrogens is 5. The van der Waals surface area contributed by atoms with Gasteiger partial charge in [-0.25, -0.2) is 8.78 Å². The number of alkyl halides is 2. The van der Waals surface area contributed by atoms with Gasteiger partial charge in [-0.1, -0.05) is 6.07 Å². The molecule has 3 aromatic heterocycles. The number of rotatable bonds is 5. The van der Waals surface area contributed by atoms with Crippen molar-refractivity contribution in [1.82, 2.24) is 24.4 Å². The molecule has 7 nitrogen and oxygen atoms in total. The zero-order valence-electron chi connectivity index (χ0n) is 16.6. The smallest absolute Gasteiger partial charge is 0.256 e. The first kappa shape index (κ1) is 18.8. The average Bonchev–Trinajstić information content (AvgIpc) is 3.32. The fourth-order valence-electron chi connectivity index (χ4n) is 4.04. The number of halogens is 2. The van der Waals surface area contributed by atoms with E-state index in [0.29, 0.717) is 0 Å². The fraction of sp³-hybridized carbons (Fsp3) is 0.381. The van der Waals surface area contributed by atoms with E-state index in [1.165, 1.54) is 0 Å². The van der Waals surface area contributed by atoms with E-state index in [0.717, 1.165) is 59.9 Å². The molecule has 9 heteroatoms. The number of benzene rings is 1. The lowest BCUT2D eigenvalue weighted by molar-refractivity contribution is 0.128. The van der Waals surface area contributed by atoms with Crippen molar-refractivity contribution in [1.29, 1.82) is 0 Å². The first-order valence-corrected chi connectivity index (χ1v) is 10.0. The predicted molar refractivity (Wildman–Crippen MR) is 109 cm³/mol. The van der Waals surface area contributed by atoms with E-state index in [9.17, 15) is 8.78 Å². The third-order valence-corrected chi connectivity index (χ3v) is 5.57. The molecule has 1 saturated heterocycles. The van der Waals surface area contributed by atoms with E-state index in [2.05, 4.69) is 20.2 Å². The van der Waals surface area contributed by atoms with E-state index in [4.69, 9.17) is 4.74 Å². The van der Waals surface area contributed by atoms with E-state index in [-0.39, 0.29) is 12.6 Å². The van der Waals surface area contributed by atoms with Crippen LogP contribution >= 0.6 is 0 Å². The quantitative estimate of drug-likeness (QED) is 0.500. The van der Waals surface area contributed by atoms with Crippen molar-refractivity contribution in [2.45, 2.75) is 38.8 Å². The molecule has 1 fully saturated rings. The van der Waals surface area contributed by atoms with Gasteiger partial charge in [0, 0.05) is 37.5 Å². The molecule has 30 heavy (non-hydrogen) atoms. The molecule has 0 saturated carbocycles. The molecule has 1 aromatic carbocycles. The van der Waals surface area contributed by atoms with E-state index in [1.807, 2.05) is 43.3 Å². The zero-order valence-corrected chi connectivity index (χ0v) is 16.6. The fourth-order valence-corrected chi connectivity index (χ4v) is 4.04. The van der Waals surface area contributed by atoms with Gasteiger partial charge in [0.25, 0.3) is 6.43 Å². The summed E-state index contributed by atoms with van der Waals surface area (Å²) >= 11 is 0. The summed E-state index contributed by atoms with van der Waals surface area (Å²) in [4.78, 5) is 2.23. The maximum absolute atomic E-state index is 12.8. The highest BCUT2D eigenvalue weighted by atomic mass is 19.3. The first-order chi connectivity index (χ1) is 14.6. The summed E-state index contributed by atoms with van der Waals surface area (Å²) in [5.41, 5.74) is 1.51. The van der Waals surface area contributed by atoms with Crippen LogP contribution in [0.1, 0.15) is 18.7 Å². The van der Waals surface area contributed by atoms with Crippen LogP contribution in [0.2, 0.25) is 0 Å². The molecule has 0 aliphatic carbocycles. The molecule has 0 amide bonds. The monoisotopic (exact) mass is 412 g/mol. The Morgan fingerprint density at radius 1 is 1.10 bits per heavy atom. The van der Waals surface area contributed by atoms with Crippen LogP contribution in [0.5, 0.6) is 5.75 Å². The molecular formula is C21H22F2N6O. The van der Waals surface area contributed by atoms with Crippen LogP contribution < -0.4 is 9.64 Å². The van der Waals surface area contributed by atoms with Crippen molar-refractivity contribution in [3.05, 3.63) is 48.4 Å². The molecule has 0 radical (unpaired) electrons. The molecule has 0 spiro atoms. The topological polar surface area (TPSA) is 60.5 Å². The van der Waals surface area contributed by atoms with Gasteiger partial charge in [0.15, 0.2) is 11.5 Å². The number of nitrogens with zero attached hydrogens (tertiary/aromatic N) is 6. The number of fused-ring (bicyclic) bond motifs is 2. The number of aryl methyl sites for hydroxylation is 1. The first-order valence-electron chi connectivity index (χ1n) is 10.0. The summed E-state index contributed by atoms with van der Waals surface area (Å²) in [6, 6.07) is 11.4. The summed E-state index contributed by atoms with van der Waals surface area (Å²) in [5, 5.41) is 13.6. The Morgan fingerprint density at radius 3 is 2.73 bits per heavy atom. The second kappa shape index (κ2) is 7.55. The van der Waals surface area contributed by atoms with E-state index >= 15 is 0 Å². The second-order valence-electron chi connectivity index (χ2n) is 7.56. The molecule has 0 bridgehead atoms. The number of ether oxygens (including phenoxy) is 1.